The standard InChI is InChI=1S/C26H29N7O3/c1-15-22(20-5-4-6-21-23(20)28-14-33(21)3)31-24(25(27)35)26(29-15)30-16-7-9-19(10-8-16)36-13-17-11-18(34)12-32(17)2/h4-10,14,17-18,34H,11-13H2,1-3H3,(H2,27,35)(H,29,30)/t17-,18+/m0/s1. The number of para-hydroxylation sites is 1. The molecular weight excluding hydrogens is 458 g/mol. The molecular formula is C26H29N7O3. The number of aromatic nitrogens is 4. The monoisotopic (exact) mass is 487 g/mol. The van der Waals surface area contributed by atoms with Gasteiger partial charge in [-0.25, -0.2) is 15.0 Å². The van der Waals surface area contributed by atoms with E-state index in [0.717, 1.165) is 16.6 Å². The Morgan fingerprint density at radius 2 is 1.97 bits per heavy atom. The number of nitrogens with two attached hydrogens (primary N) is 1. The molecule has 1 fully saturated rings. The Labute approximate surface area is 208 Å². The first-order valence-corrected chi connectivity index (χ1v) is 11.8. The molecule has 2 atom stereocenters. The van der Waals surface area contributed by atoms with E-state index in [4.69, 9.17) is 10.5 Å². The smallest absolute Gasteiger partial charge is 0.271 e. The van der Waals surface area contributed by atoms with Gasteiger partial charge in [0, 0.05) is 30.9 Å². The largest absolute Gasteiger partial charge is 0.492 e. The molecule has 4 N–H and O–H groups in total. The number of nitrogens with one attached hydrogen (secondary N) is 1. The second-order valence-electron chi connectivity index (χ2n) is 9.19. The van der Waals surface area contributed by atoms with Gasteiger partial charge in [0.1, 0.15) is 12.4 Å². The molecule has 10 nitrogen and oxygen atoms in total. The summed E-state index contributed by atoms with van der Waals surface area (Å²) in [4.78, 5) is 28.1. The number of likely N-dealkylation sites (N-methyl/N-ethyl adjacent to an activating group) is 1. The molecule has 0 unspecified atom stereocenters. The van der Waals surface area contributed by atoms with Gasteiger partial charge in [0.2, 0.25) is 0 Å². The Bertz CT molecular complexity index is 1420. The average Bonchev–Trinajstić information content (AvgIpc) is 3.39. The Morgan fingerprint density at radius 3 is 2.67 bits per heavy atom. The highest BCUT2D eigenvalue weighted by molar-refractivity contribution is 5.98. The van der Waals surface area contributed by atoms with Gasteiger partial charge >= 0.3 is 0 Å². The molecule has 2 aromatic heterocycles. The van der Waals surface area contributed by atoms with Gasteiger partial charge in [-0.3, -0.25) is 9.69 Å². The van der Waals surface area contributed by atoms with E-state index in [0.29, 0.717) is 42.4 Å². The van der Waals surface area contributed by atoms with Crippen molar-refractivity contribution in [2.45, 2.75) is 25.5 Å². The van der Waals surface area contributed by atoms with E-state index in [1.54, 1.807) is 6.33 Å². The number of hydrogen-bond donors (Lipinski definition) is 3. The number of aliphatic hydroxyl groups excluding tert-OH is 1. The van der Waals surface area contributed by atoms with Crippen molar-refractivity contribution in [2.75, 3.05) is 25.5 Å². The van der Waals surface area contributed by atoms with Crippen molar-refractivity contribution in [3.8, 4) is 17.0 Å². The maximum Gasteiger partial charge on any atom is 0.271 e. The molecule has 0 bridgehead atoms. The second kappa shape index (κ2) is 9.56. The van der Waals surface area contributed by atoms with Crippen LogP contribution in [-0.4, -0.2) is 67.8 Å². The third-order valence-corrected chi connectivity index (χ3v) is 6.54. The first kappa shape index (κ1) is 23.7. The summed E-state index contributed by atoms with van der Waals surface area (Å²) in [6, 6.07) is 13.4. The predicted molar refractivity (Wildman–Crippen MR) is 137 cm³/mol. The Balaban J connectivity index is 1.37. The zero-order valence-electron chi connectivity index (χ0n) is 20.5. The number of likely N-dealkylation sites (tertiary alicyclic amines) is 1. The maximum absolute atomic E-state index is 12.3. The number of β-amino-alcohol motifs (C(OH)–C–C–N with tert-alkyl or cyclic N) is 1. The lowest BCUT2D eigenvalue weighted by molar-refractivity contribution is 0.0996. The summed E-state index contributed by atoms with van der Waals surface area (Å²) < 4.78 is 7.83. The van der Waals surface area contributed by atoms with E-state index >= 15 is 0 Å². The van der Waals surface area contributed by atoms with Crippen LogP contribution in [0.2, 0.25) is 0 Å². The van der Waals surface area contributed by atoms with E-state index < -0.39 is 5.91 Å². The Morgan fingerprint density at radius 1 is 1.19 bits per heavy atom. The van der Waals surface area contributed by atoms with Gasteiger partial charge in [-0.15, -0.1) is 0 Å². The minimum absolute atomic E-state index is 0.0479. The highest BCUT2D eigenvalue weighted by atomic mass is 16.5. The molecule has 186 valence electrons. The number of carbonyl (C=O) groups is 1. The minimum atomic E-state index is -0.678. The predicted octanol–water partition coefficient (Wildman–Crippen LogP) is 2.63. The molecule has 0 radical (unpaired) electrons. The molecule has 10 heteroatoms. The number of aryl methyl sites for hydroxylation is 2. The van der Waals surface area contributed by atoms with Gasteiger partial charge in [-0.1, -0.05) is 12.1 Å². The highest BCUT2D eigenvalue weighted by Gasteiger charge is 2.28. The van der Waals surface area contributed by atoms with E-state index in [1.807, 2.05) is 68.1 Å². The highest BCUT2D eigenvalue weighted by Crippen LogP contribution is 2.30. The van der Waals surface area contributed by atoms with Crippen molar-refractivity contribution in [3.63, 3.8) is 0 Å². The quantitative estimate of drug-likeness (QED) is 0.363. The number of amides is 1. The third kappa shape index (κ3) is 4.60. The number of ether oxygens (including phenoxy) is 1. The summed E-state index contributed by atoms with van der Waals surface area (Å²) in [6.45, 7) is 3.00. The van der Waals surface area contributed by atoms with Crippen LogP contribution >= 0.6 is 0 Å². The number of aliphatic hydroxyl groups is 1. The summed E-state index contributed by atoms with van der Waals surface area (Å²) in [5.74, 6) is 0.320. The van der Waals surface area contributed by atoms with Crippen LogP contribution in [0.25, 0.3) is 22.3 Å². The number of carbonyl (C=O) groups excluding carboxylic acids is 1. The van der Waals surface area contributed by atoms with Crippen LogP contribution in [0.1, 0.15) is 22.6 Å². The molecule has 1 aliphatic rings. The van der Waals surface area contributed by atoms with E-state index in [1.165, 1.54) is 0 Å². The number of imidazole rings is 1. The van der Waals surface area contributed by atoms with Crippen molar-refractivity contribution in [2.24, 2.45) is 12.8 Å². The lowest BCUT2D eigenvalue weighted by Crippen LogP contribution is -2.30. The Hall–Kier alpha value is -4.02. The molecule has 4 aromatic rings. The Kier molecular flexibility index (Phi) is 6.29. The number of rotatable bonds is 7. The van der Waals surface area contributed by atoms with Gasteiger partial charge in [-0.05, 0) is 50.7 Å². The normalized spacial score (nSPS) is 18.0. The van der Waals surface area contributed by atoms with Gasteiger partial charge < -0.3 is 25.5 Å². The van der Waals surface area contributed by atoms with Crippen LogP contribution in [0.15, 0.2) is 48.8 Å². The number of benzene rings is 2. The third-order valence-electron chi connectivity index (χ3n) is 6.54. The topological polar surface area (TPSA) is 131 Å². The van der Waals surface area contributed by atoms with Gasteiger partial charge in [0.25, 0.3) is 5.91 Å². The summed E-state index contributed by atoms with van der Waals surface area (Å²) >= 11 is 0. The number of nitrogens with zero attached hydrogens (tertiary/aromatic N) is 5. The van der Waals surface area contributed by atoms with Crippen LogP contribution in [0.3, 0.4) is 0 Å². The van der Waals surface area contributed by atoms with Crippen molar-refractivity contribution < 1.29 is 14.6 Å². The lowest BCUT2D eigenvalue weighted by atomic mass is 10.1. The van der Waals surface area contributed by atoms with Crippen molar-refractivity contribution in [1.29, 1.82) is 0 Å². The van der Waals surface area contributed by atoms with E-state index in [-0.39, 0.29) is 23.7 Å². The summed E-state index contributed by atoms with van der Waals surface area (Å²) in [5, 5.41) is 13.0. The van der Waals surface area contributed by atoms with E-state index in [2.05, 4.69) is 25.2 Å². The first-order valence-electron chi connectivity index (χ1n) is 11.8. The van der Waals surface area contributed by atoms with Crippen molar-refractivity contribution >= 4 is 28.4 Å². The SMILES string of the molecule is Cc1nc(Nc2ccc(OC[C@@H]3C[C@@H](O)CN3C)cc2)c(C(N)=O)nc1-c1cccc2c1ncn2C. The summed E-state index contributed by atoms with van der Waals surface area (Å²) in [7, 11) is 3.91. The number of hydrogen-bond acceptors (Lipinski definition) is 8. The number of anilines is 2. The maximum atomic E-state index is 12.3. The molecule has 5 rings (SSSR count). The molecule has 2 aromatic carbocycles. The fraction of sp³-hybridized carbons (Fsp3) is 0.308. The number of fused-ring (bicyclic) bond motifs is 1. The van der Waals surface area contributed by atoms with E-state index in [9.17, 15) is 9.90 Å². The fourth-order valence-electron chi connectivity index (χ4n) is 4.59. The molecule has 1 aliphatic heterocycles. The summed E-state index contributed by atoms with van der Waals surface area (Å²) in [5.41, 5.74) is 10.2. The molecule has 3 heterocycles. The van der Waals surface area contributed by atoms with Gasteiger partial charge in [0.05, 0.1) is 34.9 Å². The molecule has 0 saturated carbocycles. The van der Waals surface area contributed by atoms with Crippen LogP contribution in [0, 0.1) is 6.92 Å². The number of primary amides is 1. The van der Waals surface area contributed by atoms with Gasteiger partial charge in [0.15, 0.2) is 11.5 Å². The van der Waals surface area contributed by atoms with Crippen molar-refractivity contribution in [3.05, 3.63) is 60.2 Å². The van der Waals surface area contributed by atoms with Gasteiger partial charge in [-0.2, -0.15) is 0 Å². The molecule has 0 spiro atoms. The van der Waals surface area contributed by atoms with Crippen molar-refractivity contribution in [1.82, 2.24) is 24.4 Å². The zero-order chi connectivity index (χ0) is 25.4. The first-order chi connectivity index (χ1) is 17.3. The van der Waals surface area contributed by atoms with Crippen LogP contribution in [-0.2, 0) is 7.05 Å². The van der Waals surface area contributed by atoms with Crippen LogP contribution in [0.5, 0.6) is 5.75 Å². The molecule has 1 saturated heterocycles. The van der Waals surface area contributed by atoms with Crippen LogP contribution in [0.4, 0.5) is 11.5 Å². The summed E-state index contributed by atoms with van der Waals surface area (Å²) in [6.07, 6.45) is 2.14. The average molecular weight is 488 g/mol. The van der Waals surface area contributed by atoms with Crippen LogP contribution < -0.4 is 15.8 Å². The molecule has 1 amide bonds. The minimum Gasteiger partial charge on any atom is -0.492 e. The molecule has 36 heavy (non-hydrogen) atoms. The lowest BCUT2D eigenvalue weighted by Gasteiger charge is -2.19. The fourth-order valence-corrected chi connectivity index (χ4v) is 4.59. The zero-order valence-corrected chi connectivity index (χ0v) is 20.5. The molecule has 0 aliphatic carbocycles. The second-order valence-corrected chi connectivity index (χ2v) is 9.19.